The van der Waals surface area contributed by atoms with Crippen LogP contribution in [0.4, 0.5) is 5.69 Å². The maximum Gasteiger partial charge on any atom is 0.311 e. The Kier molecular flexibility index (Phi) is 4.18. The Morgan fingerprint density at radius 3 is 2.44 bits per heavy atom. The van der Waals surface area contributed by atoms with Gasteiger partial charge in [-0.2, -0.15) is 0 Å². The zero-order valence-corrected chi connectivity index (χ0v) is 12.7. The molecular formula is C12H7BrINO3. The molecule has 0 fully saturated rings. The highest BCUT2D eigenvalue weighted by Crippen LogP contribution is 2.33. The van der Waals surface area contributed by atoms with E-state index in [1.165, 1.54) is 6.07 Å². The van der Waals surface area contributed by atoms with E-state index in [0.29, 0.717) is 5.75 Å². The molecule has 92 valence electrons. The second-order valence-corrected chi connectivity index (χ2v) is 5.59. The van der Waals surface area contributed by atoms with Gasteiger partial charge in [0.15, 0.2) is 0 Å². The number of hydrogen-bond acceptors (Lipinski definition) is 3. The lowest BCUT2D eigenvalue weighted by Crippen LogP contribution is -1.93. The molecule has 0 atom stereocenters. The molecule has 0 amide bonds. The molecule has 0 aliphatic rings. The van der Waals surface area contributed by atoms with Gasteiger partial charge in [-0.15, -0.1) is 0 Å². The third-order valence-electron chi connectivity index (χ3n) is 2.16. The van der Waals surface area contributed by atoms with E-state index in [0.717, 1.165) is 8.04 Å². The lowest BCUT2D eigenvalue weighted by Gasteiger charge is -2.06. The summed E-state index contributed by atoms with van der Waals surface area (Å²) in [5, 5.41) is 10.9. The van der Waals surface area contributed by atoms with Crippen molar-refractivity contribution in [2.24, 2.45) is 0 Å². The van der Waals surface area contributed by atoms with E-state index in [9.17, 15) is 10.1 Å². The Balaban J connectivity index is 2.35. The number of benzene rings is 2. The Morgan fingerprint density at radius 1 is 1.17 bits per heavy atom. The van der Waals surface area contributed by atoms with Crippen LogP contribution in [-0.4, -0.2) is 4.92 Å². The van der Waals surface area contributed by atoms with Crippen LogP contribution in [0.25, 0.3) is 0 Å². The minimum atomic E-state index is -0.464. The zero-order chi connectivity index (χ0) is 13.1. The SMILES string of the molecule is O=[N+]([O-])c1ccc(Br)cc1Oc1ccc(I)cc1. The van der Waals surface area contributed by atoms with Crippen LogP contribution in [0, 0.1) is 13.7 Å². The van der Waals surface area contributed by atoms with Gasteiger partial charge in [0.2, 0.25) is 5.75 Å². The predicted molar refractivity (Wildman–Crippen MR) is 80.0 cm³/mol. The number of hydrogen-bond donors (Lipinski definition) is 0. The second kappa shape index (κ2) is 5.66. The first-order chi connectivity index (χ1) is 8.56. The van der Waals surface area contributed by atoms with Crippen LogP contribution in [0.15, 0.2) is 46.9 Å². The van der Waals surface area contributed by atoms with Crippen LogP contribution >= 0.6 is 38.5 Å². The van der Waals surface area contributed by atoms with Crippen molar-refractivity contribution < 1.29 is 9.66 Å². The Morgan fingerprint density at radius 2 is 1.83 bits per heavy atom. The number of nitro benzene ring substituents is 1. The molecule has 0 bridgehead atoms. The number of nitro groups is 1. The van der Waals surface area contributed by atoms with Gasteiger partial charge in [0, 0.05) is 20.2 Å². The minimum Gasteiger partial charge on any atom is -0.450 e. The number of rotatable bonds is 3. The molecule has 0 aliphatic heterocycles. The van der Waals surface area contributed by atoms with Crippen molar-refractivity contribution in [2.75, 3.05) is 0 Å². The van der Waals surface area contributed by atoms with Crippen LogP contribution in [0.2, 0.25) is 0 Å². The standard InChI is InChI=1S/C12H7BrINO3/c13-8-1-6-11(15(16)17)12(7-8)18-10-4-2-9(14)3-5-10/h1-7H. The molecule has 0 N–H and O–H groups in total. The minimum absolute atomic E-state index is 0.0586. The van der Waals surface area contributed by atoms with Gasteiger partial charge < -0.3 is 4.74 Å². The van der Waals surface area contributed by atoms with E-state index in [-0.39, 0.29) is 11.4 Å². The fourth-order valence-electron chi connectivity index (χ4n) is 1.35. The van der Waals surface area contributed by atoms with Gasteiger partial charge in [-0.25, -0.2) is 0 Å². The van der Waals surface area contributed by atoms with Crippen LogP contribution in [-0.2, 0) is 0 Å². The van der Waals surface area contributed by atoms with E-state index in [1.807, 2.05) is 12.1 Å². The van der Waals surface area contributed by atoms with Gasteiger partial charge in [0.1, 0.15) is 5.75 Å². The third-order valence-corrected chi connectivity index (χ3v) is 3.37. The third kappa shape index (κ3) is 3.20. The van der Waals surface area contributed by atoms with E-state index < -0.39 is 4.92 Å². The summed E-state index contributed by atoms with van der Waals surface area (Å²) in [6, 6.07) is 11.9. The molecule has 2 aromatic rings. The van der Waals surface area contributed by atoms with Gasteiger partial charge in [-0.1, -0.05) is 15.9 Å². The Labute approximate surface area is 125 Å². The number of halogens is 2. The quantitative estimate of drug-likeness (QED) is 0.409. The predicted octanol–water partition coefficient (Wildman–Crippen LogP) is 4.75. The Bertz CT molecular complexity index is 586. The molecule has 4 nitrogen and oxygen atoms in total. The summed E-state index contributed by atoms with van der Waals surface area (Å²) in [4.78, 5) is 10.4. The van der Waals surface area contributed by atoms with Gasteiger partial charge >= 0.3 is 5.69 Å². The summed E-state index contributed by atoms with van der Waals surface area (Å²) in [7, 11) is 0. The maximum absolute atomic E-state index is 10.9. The lowest BCUT2D eigenvalue weighted by molar-refractivity contribution is -0.385. The van der Waals surface area contributed by atoms with Crippen molar-refractivity contribution in [3.63, 3.8) is 0 Å². The fourth-order valence-corrected chi connectivity index (χ4v) is 2.05. The molecule has 0 radical (unpaired) electrons. The van der Waals surface area contributed by atoms with Gasteiger partial charge in [-0.3, -0.25) is 10.1 Å². The molecule has 0 unspecified atom stereocenters. The molecule has 6 heteroatoms. The average molecular weight is 420 g/mol. The first-order valence-corrected chi connectivity index (χ1v) is 6.81. The van der Waals surface area contributed by atoms with E-state index in [1.54, 1.807) is 24.3 Å². The maximum atomic E-state index is 10.9. The topological polar surface area (TPSA) is 52.4 Å². The highest BCUT2D eigenvalue weighted by molar-refractivity contribution is 14.1. The van der Waals surface area contributed by atoms with Crippen molar-refractivity contribution >= 4 is 44.2 Å². The molecule has 0 spiro atoms. The summed E-state index contributed by atoms with van der Waals surface area (Å²) in [5.41, 5.74) is -0.0586. The van der Waals surface area contributed by atoms with E-state index in [2.05, 4.69) is 38.5 Å². The van der Waals surface area contributed by atoms with Crippen LogP contribution in [0.5, 0.6) is 11.5 Å². The smallest absolute Gasteiger partial charge is 0.311 e. The normalized spacial score (nSPS) is 10.1. The van der Waals surface area contributed by atoms with Crippen LogP contribution < -0.4 is 4.74 Å². The summed E-state index contributed by atoms with van der Waals surface area (Å²) >= 11 is 5.45. The summed E-state index contributed by atoms with van der Waals surface area (Å²) < 4.78 is 7.33. The molecular weight excluding hydrogens is 413 g/mol. The van der Waals surface area contributed by atoms with Gasteiger partial charge in [-0.05, 0) is 52.9 Å². The van der Waals surface area contributed by atoms with Crippen molar-refractivity contribution in [2.45, 2.75) is 0 Å². The molecule has 18 heavy (non-hydrogen) atoms. The summed E-state index contributed by atoms with van der Waals surface area (Å²) in [5.74, 6) is 0.784. The first kappa shape index (κ1) is 13.3. The van der Waals surface area contributed by atoms with Crippen molar-refractivity contribution in [3.05, 3.63) is 60.6 Å². The molecule has 2 aromatic carbocycles. The second-order valence-electron chi connectivity index (χ2n) is 3.43. The fraction of sp³-hybridized carbons (Fsp3) is 0. The van der Waals surface area contributed by atoms with E-state index in [4.69, 9.17) is 4.74 Å². The van der Waals surface area contributed by atoms with Crippen molar-refractivity contribution in [1.29, 1.82) is 0 Å². The monoisotopic (exact) mass is 419 g/mol. The molecule has 0 aromatic heterocycles. The molecule has 2 rings (SSSR count). The first-order valence-electron chi connectivity index (χ1n) is 4.93. The zero-order valence-electron chi connectivity index (χ0n) is 8.97. The average Bonchev–Trinajstić information content (AvgIpc) is 2.32. The molecule has 0 aliphatic carbocycles. The Hall–Kier alpha value is -1.15. The number of nitrogens with zero attached hydrogens (tertiary/aromatic N) is 1. The molecule has 0 saturated carbocycles. The molecule has 0 heterocycles. The van der Waals surface area contributed by atoms with Crippen LogP contribution in [0.3, 0.4) is 0 Å². The van der Waals surface area contributed by atoms with E-state index >= 15 is 0 Å². The van der Waals surface area contributed by atoms with Gasteiger partial charge in [0.25, 0.3) is 0 Å². The molecule has 0 saturated heterocycles. The summed E-state index contributed by atoms with van der Waals surface area (Å²) in [6.45, 7) is 0. The highest BCUT2D eigenvalue weighted by atomic mass is 127. The highest BCUT2D eigenvalue weighted by Gasteiger charge is 2.15. The lowest BCUT2D eigenvalue weighted by atomic mass is 10.3. The summed E-state index contributed by atoms with van der Waals surface area (Å²) in [6.07, 6.45) is 0. The van der Waals surface area contributed by atoms with Gasteiger partial charge in [0.05, 0.1) is 4.92 Å². The number of ether oxygens (including phenoxy) is 1. The van der Waals surface area contributed by atoms with Crippen molar-refractivity contribution in [3.8, 4) is 11.5 Å². The van der Waals surface area contributed by atoms with Crippen LogP contribution in [0.1, 0.15) is 0 Å². The van der Waals surface area contributed by atoms with Crippen molar-refractivity contribution in [1.82, 2.24) is 0 Å². The largest absolute Gasteiger partial charge is 0.450 e.